The van der Waals surface area contributed by atoms with Crippen molar-refractivity contribution in [3.63, 3.8) is 0 Å². The summed E-state index contributed by atoms with van der Waals surface area (Å²) in [7, 11) is 1.66. The molecule has 0 heterocycles. The van der Waals surface area contributed by atoms with Crippen molar-refractivity contribution in [2.45, 2.75) is 52.7 Å². The summed E-state index contributed by atoms with van der Waals surface area (Å²) in [6.45, 7) is 11.7. The molecule has 0 aliphatic carbocycles. The number of Topliss-reactive ketones (excluding diaryl/α,β-unsaturated/α-hetero) is 1. The number of ether oxygens (including phenoxy) is 2. The Hall–Kier alpha value is -3.24. The molecule has 0 N–H and O–H groups in total. The Morgan fingerprint density at radius 3 is 1.91 bits per heavy atom. The van der Waals surface area contributed by atoms with Gasteiger partial charge in [-0.3, -0.25) is 9.59 Å². The second-order valence-electron chi connectivity index (χ2n) is 9.21. The molecule has 2 aromatic rings. The fraction of sp³-hybridized carbons (Fsp3) is 0.310. The summed E-state index contributed by atoms with van der Waals surface area (Å²) < 4.78 is 11.3. The van der Waals surface area contributed by atoms with Crippen molar-refractivity contribution >= 4 is 11.6 Å². The Balaban J connectivity index is 2.15. The average molecular weight is 447 g/mol. The normalized spacial score (nSPS) is 13.0. The first-order valence-electron chi connectivity index (χ1n) is 11.0. The third kappa shape index (κ3) is 7.69. The molecule has 0 amide bonds. The highest BCUT2D eigenvalue weighted by molar-refractivity contribution is 6.11. The van der Waals surface area contributed by atoms with Crippen LogP contribution in [0, 0.1) is 0 Å². The molecule has 174 valence electrons. The standard InChI is InChI=1S/C29H34O4/c1-8-10-22(27(31)23-13-17-24(18-14-23)29(5,6)32-7)11-9-12-26(30)21-15-19-25(20-16-21)33-28(2,3)4/h8-20H,1-7H3/b10-8-,12-9+,22-11+. The van der Waals surface area contributed by atoms with E-state index in [9.17, 15) is 9.59 Å². The predicted octanol–water partition coefficient (Wildman–Crippen LogP) is 6.87. The quantitative estimate of drug-likeness (QED) is 0.240. The Morgan fingerprint density at radius 1 is 0.818 bits per heavy atom. The number of rotatable bonds is 9. The van der Waals surface area contributed by atoms with Crippen molar-refractivity contribution in [1.29, 1.82) is 0 Å². The van der Waals surface area contributed by atoms with E-state index in [0.29, 0.717) is 22.4 Å². The van der Waals surface area contributed by atoms with Crippen LogP contribution in [0.25, 0.3) is 0 Å². The zero-order valence-electron chi connectivity index (χ0n) is 20.6. The number of carbonyl (C=O) groups excluding carboxylic acids is 2. The summed E-state index contributed by atoms with van der Waals surface area (Å²) in [5.74, 6) is 0.450. The summed E-state index contributed by atoms with van der Waals surface area (Å²) in [5, 5.41) is 0. The third-order valence-corrected chi connectivity index (χ3v) is 5.05. The predicted molar refractivity (Wildman–Crippen MR) is 134 cm³/mol. The van der Waals surface area contributed by atoms with E-state index in [2.05, 4.69) is 0 Å². The molecule has 0 aromatic heterocycles. The minimum Gasteiger partial charge on any atom is -0.488 e. The molecule has 0 saturated heterocycles. The minimum atomic E-state index is -0.427. The van der Waals surface area contributed by atoms with Gasteiger partial charge in [0.25, 0.3) is 0 Å². The SMILES string of the molecule is C\C=C/C(=C\C=C\C(=O)c1ccc(OC(C)(C)C)cc1)C(=O)c1ccc(C(C)(C)OC)cc1. The van der Waals surface area contributed by atoms with Gasteiger partial charge >= 0.3 is 0 Å². The van der Waals surface area contributed by atoms with Gasteiger partial charge in [0, 0.05) is 23.8 Å². The molecule has 2 aromatic carbocycles. The van der Waals surface area contributed by atoms with Gasteiger partial charge in [0.2, 0.25) is 0 Å². The maximum absolute atomic E-state index is 13.0. The molecule has 0 bridgehead atoms. The van der Waals surface area contributed by atoms with Crippen LogP contribution in [-0.4, -0.2) is 24.3 Å². The smallest absolute Gasteiger partial charge is 0.193 e. The zero-order chi connectivity index (χ0) is 24.6. The first kappa shape index (κ1) is 26.0. The second kappa shape index (κ2) is 11.1. The van der Waals surface area contributed by atoms with Gasteiger partial charge in [0.05, 0.1) is 5.60 Å². The van der Waals surface area contributed by atoms with E-state index in [1.54, 1.807) is 67.8 Å². The van der Waals surface area contributed by atoms with E-state index in [1.165, 1.54) is 6.08 Å². The molecule has 0 radical (unpaired) electrons. The number of ketones is 2. The van der Waals surface area contributed by atoms with Crippen LogP contribution in [0.5, 0.6) is 5.75 Å². The second-order valence-corrected chi connectivity index (χ2v) is 9.21. The van der Waals surface area contributed by atoms with Gasteiger partial charge in [-0.1, -0.05) is 48.6 Å². The molecule has 33 heavy (non-hydrogen) atoms. The zero-order valence-corrected chi connectivity index (χ0v) is 20.6. The number of hydrogen-bond acceptors (Lipinski definition) is 4. The van der Waals surface area contributed by atoms with Gasteiger partial charge < -0.3 is 9.47 Å². The summed E-state index contributed by atoms with van der Waals surface area (Å²) in [6, 6.07) is 14.4. The number of methoxy groups -OCH3 is 1. The number of allylic oxidation sites excluding steroid dienone is 6. The van der Waals surface area contributed by atoms with E-state index >= 15 is 0 Å². The van der Waals surface area contributed by atoms with Crippen LogP contribution < -0.4 is 4.74 Å². The average Bonchev–Trinajstić information content (AvgIpc) is 2.77. The van der Waals surface area contributed by atoms with Crippen LogP contribution >= 0.6 is 0 Å². The van der Waals surface area contributed by atoms with Gasteiger partial charge in [-0.15, -0.1) is 0 Å². The Labute approximate surface area is 197 Å². The van der Waals surface area contributed by atoms with E-state index < -0.39 is 5.60 Å². The molecule has 2 rings (SSSR count). The topological polar surface area (TPSA) is 52.6 Å². The van der Waals surface area contributed by atoms with E-state index in [-0.39, 0.29) is 17.2 Å². The van der Waals surface area contributed by atoms with Gasteiger partial charge in [0.15, 0.2) is 11.6 Å². The molecule has 0 saturated carbocycles. The molecule has 4 nitrogen and oxygen atoms in total. The molecular weight excluding hydrogens is 412 g/mol. The molecule has 4 heteroatoms. The molecule has 0 aliphatic heterocycles. The highest BCUT2D eigenvalue weighted by Crippen LogP contribution is 2.24. The lowest BCUT2D eigenvalue weighted by atomic mass is 9.94. The van der Waals surface area contributed by atoms with Gasteiger partial charge in [-0.05, 0) is 77.4 Å². The highest BCUT2D eigenvalue weighted by atomic mass is 16.5. The van der Waals surface area contributed by atoms with Crippen LogP contribution in [0.3, 0.4) is 0 Å². The number of hydrogen-bond donors (Lipinski definition) is 0. The summed E-state index contributed by atoms with van der Waals surface area (Å²) in [5.41, 5.74) is 1.88. The van der Waals surface area contributed by atoms with E-state index in [0.717, 1.165) is 5.56 Å². The monoisotopic (exact) mass is 446 g/mol. The van der Waals surface area contributed by atoms with Crippen molar-refractivity contribution in [1.82, 2.24) is 0 Å². The fourth-order valence-electron chi connectivity index (χ4n) is 3.07. The van der Waals surface area contributed by atoms with Crippen LogP contribution in [0.4, 0.5) is 0 Å². The first-order chi connectivity index (χ1) is 15.5. The van der Waals surface area contributed by atoms with Gasteiger partial charge in [-0.25, -0.2) is 0 Å². The Morgan fingerprint density at radius 2 is 1.39 bits per heavy atom. The summed E-state index contributed by atoms with van der Waals surface area (Å²) in [4.78, 5) is 25.5. The van der Waals surface area contributed by atoms with Crippen LogP contribution in [0.1, 0.15) is 67.8 Å². The molecule has 0 fully saturated rings. The number of benzene rings is 2. The highest BCUT2D eigenvalue weighted by Gasteiger charge is 2.20. The minimum absolute atomic E-state index is 0.115. The van der Waals surface area contributed by atoms with Crippen molar-refractivity contribution in [2.75, 3.05) is 7.11 Å². The third-order valence-electron chi connectivity index (χ3n) is 5.05. The molecule has 0 aliphatic rings. The Bertz CT molecular complexity index is 1040. The van der Waals surface area contributed by atoms with E-state index in [1.807, 2.05) is 53.7 Å². The fourth-order valence-corrected chi connectivity index (χ4v) is 3.07. The summed E-state index contributed by atoms with van der Waals surface area (Å²) >= 11 is 0. The lowest BCUT2D eigenvalue weighted by Crippen LogP contribution is -2.22. The van der Waals surface area contributed by atoms with Gasteiger partial charge in [-0.2, -0.15) is 0 Å². The molecule has 0 atom stereocenters. The van der Waals surface area contributed by atoms with E-state index in [4.69, 9.17) is 9.47 Å². The van der Waals surface area contributed by atoms with Crippen molar-refractivity contribution in [3.8, 4) is 5.75 Å². The largest absolute Gasteiger partial charge is 0.488 e. The lowest BCUT2D eigenvalue weighted by molar-refractivity contribution is 0.0192. The van der Waals surface area contributed by atoms with Crippen LogP contribution in [-0.2, 0) is 10.3 Å². The van der Waals surface area contributed by atoms with Crippen molar-refractivity contribution in [2.24, 2.45) is 0 Å². The molecule has 0 spiro atoms. The van der Waals surface area contributed by atoms with Crippen LogP contribution in [0.2, 0.25) is 0 Å². The van der Waals surface area contributed by atoms with Crippen molar-refractivity contribution < 1.29 is 19.1 Å². The molecule has 0 unspecified atom stereocenters. The number of carbonyl (C=O) groups is 2. The summed E-state index contributed by atoms with van der Waals surface area (Å²) in [6.07, 6.45) is 8.26. The lowest BCUT2D eigenvalue weighted by Gasteiger charge is -2.23. The van der Waals surface area contributed by atoms with Crippen molar-refractivity contribution in [3.05, 3.63) is 101 Å². The first-order valence-corrected chi connectivity index (χ1v) is 11.0. The Kier molecular flexibility index (Phi) is 8.72. The van der Waals surface area contributed by atoms with Gasteiger partial charge in [0.1, 0.15) is 11.4 Å². The maximum Gasteiger partial charge on any atom is 0.193 e. The molecular formula is C29H34O4. The van der Waals surface area contributed by atoms with Crippen LogP contribution in [0.15, 0.2) is 84.5 Å². The maximum atomic E-state index is 13.0.